The molecule has 5 heteroatoms. The molecule has 2 aromatic rings. The Morgan fingerprint density at radius 3 is 2.29 bits per heavy atom. The van der Waals surface area contributed by atoms with Gasteiger partial charge in [-0.15, -0.1) is 0 Å². The molecule has 2 amide bonds. The molecule has 0 aromatic heterocycles. The predicted molar refractivity (Wildman–Crippen MR) is 123 cm³/mol. The van der Waals surface area contributed by atoms with E-state index in [0.29, 0.717) is 23.6 Å². The van der Waals surface area contributed by atoms with Gasteiger partial charge in [-0.2, -0.15) is 0 Å². The highest BCUT2D eigenvalue weighted by atomic mass is 16.5. The van der Waals surface area contributed by atoms with E-state index in [0.717, 1.165) is 61.2 Å². The molecule has 31 heavy (non-hydrogen) atoms. The van der Waals surface area contributed by atoms with Crippen molar-refractivity contribution in [3.8, 4) is 5.75 Å². The maximum Gasteiger partial charge on any atom is 0.282 e. The Hall–Kier alpha value is -3.08. The Kier molecular flexibility index (Phi) is 6.12. The number of hydrogen-bond acceptors (Lipinski definition) is 4. The van der Waals surface area contributed by atoms with Gasteiger partial charge in [0.1, 0.15) is 11.4 Å². The van der Waals surface area contributed by atoms with Crippen LogP contribution in [0.25, 0.3) is 5.57 Å². The van der Waals surface area contributed by atoms with Crippen LogP contribution in [0.4, 0.5) is 5.69 Å². The number of carbonyl (C=O) groups excluding carboxylic acids is 2. The standard InChI is InChI=1S/C26H30N2O3/c1-4-16-31-21-12-10-20(11-13-21)23-24(27-14-6-5-7-15-27)26(30)28(25(23)29)22-17-18(2)8-9-19(22)3/h8-13,17H,4-7,14-16H2,1-3H3. The Morgan fingerprint density at radius 1 is 0.903 bits per heavy atom. The minimum absolute atomic E-state index is 0.220. The van der Waals surface area contributed by atoms with E-state index in [-0.39, 0.29) is 11.8 Å². The quantitative estimate of drug-likeness (QED) is 0.629. The molecule has 2 heterocycles. The van der Waals surface area contributed by atoms with E-state index in [9.17, 15) is 9.59 Å². The molecule has 2 aromatic carbocycles. The molecule has 0 spiro atoms. The van der Waals surface area contributed by atoms with E-state index >= 15 is 0 Å². The summed E-state index contributed by atoms with van der Waals surface area (Å²) in [5, 5.41) is 0. The van der Waals surface area contributed by atoms with E-state index < -0.39 is 0 Å². The highest BCUT2D eigenvalue weighted by Crippen LogP contribution is 2.37. The highest BCUT2D eigenvalue weighted by Gasteiger charge is 2.43. The van der Waals surface area contributed by atoms with Crippen molar-refractivity contribution in [2.45, 2.75) is 46.5 Å². The van der Waals surface area contributed by atoms with Crippen molar-refractivity contribution in [1.29, 1.82) is 0 Å². The number of ether oxygens (including phenoxy) is 1. The zero-order valence-electron chi connectivity index (χ0n) is 18.6. The summed E-state index contributed by atoms with van der Waals surface area (Å²) in [4.78, 5) is 30.8. The Labute approximate surface area is 184 Å². The lowest BCUT2D eigenvalue weighted by molar-refractivity contribution is -0.120. The highest BCUT2D eigenvalue weighted by molar-refractivity contribution is 6.45. The van der Waals surface area contributed by atoms with Crippen molar-refractivity contribution in [2.75, 3.05) is 24.6 Å². The van der Waals surface area contributed by atoms with Gasteiger partial charge in [0.05, 0.1) is 17.9 Å². The van der Waals surface area contributed by atoms with Crippen LogP contribution in [0.2, 0.25) is 0 Å². The number of amides is 2. The fourth-order valence-corrected chi connectivity index (χ4v) is 4.31. The second-order valence-electron chi connectivity index (χ2n) is 8.38. The van der Waals surface area contributed by atoms with Gasteiger partial charge in [-0.25, -0.2) is 4.90 Å². The monoisotopic (exact) mass is 418 g/mol. The van der Waals surface area contributed by atoms with Gasteiger partial charge >= 0.3 is 0 Å². The molecule has 0 bridgehead atoms. The Balaban J connectivity index is 1.77. The predicted octanol–water partition coefficient (Wildman–Crippen LogP) is 4.86. The van der Waals surface area contributed by atoms with Gasteiger partial charge in [-0.1, -0.05) is 31.2 Å². The van der Waals surface area contributed by atoms with E-state index in [1.54, 1.807) is 0 Å². The van der Waals surface area contributed by atoms with Crippen LogP contribution in [0, 0.1) is 13.8 Å². The van der Waals surface area contributed by atoms with Crippen LogP contribution in [0.15, 0.2) is 48.2 Å². The van der Waals surface area contributed by atoms with Crippen LogP contribution in [-0.2, 0) is 9.59 Å². The molecule has 2 aliphatic rings. The Morgan fingerprint density at radius 2 is 1.61 bits per heavy atom. The van der Waals surface area contributed by atoms with E-state index in [1.807, 2.05) is 56.3 Å². The van der Waals surface area contributed by atoms with Crippen molar-refractivity contribution < 1.29 is 14.3 Å². The number of aryl methyl sites for hydroxylation is 2. The second-order valence-corrected chi connectivity index (χ2v) is 8.38. The van der Waals surface area contributed by atoms with Gasteiger partial charge in [0.25, 0.3) is 11.8 Å². The summed E-state index contributed by atoms with van der Waals surface area (Å²) in [7, 11) is 0. The van der Waals surface area contributed by atoms with Crippen LogP contribution in [0.5, 0.6) is 5.75 Å². The van der Waals surface area contributed by atoms with E-state index in [4.69, 9.17) is 4.74 Å². The van der Waals surface area contributed by atoms with Gasteiger partial charge in [0.15, 0.2) is 0 Å². The topological polar surface area (TPSA) is 49.9 Å². The summed E-state index contributed by atoms with van der Waals surface area (Å²) in [6, 6.07) is 13.4. The lowest BCUT2D eigenvalue weighted by Crippen LogP contribution is -2.37. The summed E-state index contributed by atoms with van der Waals surface area (Å²) >= 11 is 0. The van der Waals surface area contributed by atoms with E-state index in [2.05, 4.69) is 11.8 Å². The molecule has 0 atom stereocenters. The molecule has 0 N–H and O–H groups in total. The molecule has 2 aliphatic heterocycles. The third kappa shape index (κ3) is 4.09. The number of benzene rings is 2. The molecule has 0 radical (unpaired) electrons. The average molecular weight is 419 g/mol. The molecule has 0 aliphatic carbocycles. The minimum Gasteiger partial charge on any atom is -0.494 e. The molecule has 5 nitrogen and oxygen atoms in total. The summed E-state index contributed by atoms with van der Waals surface area (Å²) in [6.45, 7) is 8.23. The number of anilines is 1. The molecule has 162 valence electrons. The first-order valence-corrected chi connectivity index (χ1v) is 11.2. The maximum absolute atomic E-state index is 13.7. The normalized spacial score (nSPS) is 17.0. The number of rotatable bonds is 6. The largest absolute Gasteiger partial charge is 0.494 e. The fourth-order valence-electron chi connectivity index (χ4n) is 4.31. The summed E-state index contributed by atoms with van der Waals surface area (Å²) in [6.07, 6.45) is 4.16. The summed E-state index contributed by atoms with van der Waals surface area (Å²) < 4.78 is 5.69. The van der Waals surface area contributed by atoms with Crippen molar-refractivity contribution in [3.63, 3.8) is 0 Å². The van der Waals surface area contributed by atoms with Crippen LogP contribution >= 0.6 is 0 Å². The number of nitrogens with zero attached hydrogens (tertiary/aromatic N) is 2. The van der Waals surface area contributed by atoms with Gasteiger partial charge in [0, 0.05) is 13.1 Å². The van der Waals surface area contributed by atoms with Crippen LogP contribution in [0.3, 0.4) is 0 Å². The van der Waals surface area contributed by atoms with Crippen molar-refractivity contribution in [1.82, 2.24) is 4.90 Å². The third-order valence-electron chi connectivity index (χ3n) is 5.95. The second kappa shape index (κ2) is 8.96. The smallest absolute Gasteiger partial charge is 0.282 e. The van der Waals surface area contributed by atoms with Crippen LogP contribution in [0.1, 0.15) is 49.3 Å². The first-order valence-electron chi connectivity index (χ1n) is 11.2. The van der Waals surface area contributed by atoms with Crippen molar-refractivity contribution >= 4 is 23.1 Å². The van der Waals surface area contributed by atoms with Crippen LogP contribution in [-0.4, -0.2) is 36.4 Å². The maximum atomic E-state index is 13.7. The number of imide groups is 1. The third-order valence-corrected chi connectivity index (χ3v) is 5.95. The molecule has 1 saturated heterocycles. The number of likely N-dealkylation sites (tertiary alicyclic amines) is 1. The molecule has 4 rings (SSSR count). The zero-order valence-corrected chi connectivity index (χ0v) is 18.6. The lowest BCUT2D eigenvalue weighted by atomic mass is 10.0. The van der Waals surface area contributed by atoms with Gasteiger partial charge in [-0.3, -0.25) is 9.59 Å². The minimum atomic E-state index is -0.249. The first kappa shape index (κ1) is 21.2. The first-order chi connectivity index (χ1) is 15.0. The Bertz CT molecular complexity index is 1020. The van der Waals surface area contributed by atoms with Crippen molar-refractivity contribution in [2.24, 2.45) is 0 Å². The number of hydrogen-bond donors (Lipinski definition) is 0. The van der Waals surface area contributed by atoms with Crippen molar-refractivity contribution in [3.05, 3.63) is 64.9 Å². The lowest BCUT2D eigenvalue weighted by Gasteiger charge is -2.29. The number of piperidine rings is 1. The van der Waals surface area contributed by atoms with Gasteiger partial charge in [-0.05, 0) is 74.4 Å². The van der Waals surface area contributed by atoms with Crippen LogP contribution < -0.4 is 9.64 Å². The fraction of sp³-hybridized carbons (Fsp3) is 0.385. The molecule has 0 saturated carbocycles. The summed E-state index contributed by atoms with van der Waals surface area (Å²) in [5.74, 6) is 0.303. The molecular formula is C26H30N2O3. The summed E-state index contributed by atoms with van der Waals surface area (Å²) in [5.41, 5.74) is 4.39. The zero-order chi connectivity index (χ0) is 22.0. The average Bonchev–Trinajstić information content (AvgIpc) is 3.05. The SMILES string of the molecule is CCCOc1ccc(C2=C(N3CCCCC3)C(=O)N(c3cc(C)ccc3C)C2=O)cc1. The molecular weight excluding hydrogens is 388 g/mol. The number of carbonyl (C=O) groups is 2. The molecule has 0 unspecified atom stereocenters. The molecule has 1 fully saturated rings. The van der Waals surface area contributed by atoms with Gasteiger partial charge in [0.2, 0.25) is 0 Å². The van der Waals surface area contributed by atoms with E-state index in [1.165, 1.54) is 4.90 Å². The van der Waals surface area contributed by atoms with Gasteiger partial charge < -0.3 is 9.64 Å².